The van der Waals surface area contributed by atoms with Crippen molar-refractivity contribution in [3.63, 3.8) is 0 Å². The van der Waals surface area contributed by atoms with Gasteiger partial charge in [0.15, 0.2) is 0 Å². The summed E-state index contributed by atoms with van der Waals surface area (Å²) in [7, 11) is -3.70. The van der Waals surface area contributed by atoms with Crippen molar-refractivity contribution in [2.24, 2.45) is 5.73 Å². The highest BCUT2D eigenvalue weighted by Crippen LogP contribution is 2.21. The number of aryl methyl sites for hydroxylation is 2. The fraction of sp³-hybridized carbons (Fsp3) is 0.364. The molecule has 0 aliphatic carbocycles. The van der Waals surface area contributed by atoms with E-state index in [2.05, 4.69) is 4.72 Å². The molecule has 7 heteroatoms. The zero-order valence-corrected chi connectivity index (χ0v) is 11.1. The van der Waals surface area contributed by atoms with Crippen LogP contribution in [-0.4, -0.2) is 20.8 Å². The van der Waals surface area contributed by atoms with Crippen LogP contribution in [0.15, 0.2) is 17.0 Å². The first-order valence-corrected chi connectivity index (χ1v) is 6.81. The minimum absolute atomic E-state index is 0.0495. The Bertz CT molecular complexity index is 547. The Morgan fingerprint density at radius 3 is 2.33 bits per heavy atom. The minimum atomic E-state index is -3.70. The van der Waals surface area contributed by atoms with Crippen molar-refractivity contribution >= 4 is 15.9 Å². The largest absolute Gasteiger partial charge is 0.388 e. The molecule has 0 bridgehead atoms. The van der Waals surface area contributed by atoms with Crippen LogP contribution in [0.2, 0.25) is 0 Å². The van der Waals surface area contributed by atoms with Crippen LogP contribution in [0.25, 0.3) is 0 Å². The fourth-order valence-electron chi connectivity index (χ4n) is 1.71. The van der Waals surface area contributed by atoms with E-state index in [0.717, 1.165) is 0 Å². The highest BCUT2D eigenvalue weighted by atomic mass is 32.2. The van der Waals surface area contributed by atoms with Gasteiger partial charge in [0.25, 0.3) is 0 Å². The molecule has 18 heavy (non-hydrogen) atoms. The Hall–Kier alpha value is -1.47. The molecular weight excluding hydrogens is 257 g/mol. The van der Waals surface area contributed by atoms with Gasteiger partial charge < -0.3 is 5.73 Å². The van der Waals surface area contributed by atoms with Gasteiger partial charge in [0.05, 0.1) is 10.7 Å². The fourth-order valence-corrected chi connectivity index (χ4v) is 3.19. The summed E-state index contributed by atoms with van der Waals surface area (Å²) in [5, 5.41) is 7.01. The standard InChI is InChI=1S/C11H16FN3O2S/c1-7-5-9(12)6-8(2)11(7)18(16,17)15-4-3-10(13)14/h5-6,15H,3-4H2,1-2H3,(H3,13,14). The predicted octanol–water partition coefficient (Wildman–Crippen LogP) is 1.05. The molecule has 0 saturated carbocycles. The molecule has 0 atom stereocenters. The van der Waals surface area contributed by atoms with E-state index >= 15 is 0 Å². The van der Waals surface area contributed by atoms with Gasteiger partial charge in [0.2, 0.25) is 10.0 Å². The first-order valence-electron chi connectivity index (χ1n) is 5.33. The zero-order valence-electron chi connectivity index (χ0n) is 10.2. The van der Waals surface area contributed by atoms with Crippen molar-refractivity contribution < 1.29 is 12.8 Å². The topological polar surface area (TPSA) is 96.0 Å². The summed E-state index contributed by atoms with van der Waals surface area (Å²) in [4.78, 5) is 0.0763. The average molecular weight is 273 g/mol. The summed E-state index contributed by atoms with van der Waals surface area (Å²) in [5.74, 6) is -0.557. The lowest BCUT2D eigenvalue weighted by molar-refractivity contribution is 0.579. The Balaban J connectivity index is 3.02. The molecule has 5 nitrogen and oxygen atoms in total. The van der Waals surface area contributed by atoms with Crippen molar-refractivity contribution in [1.29, 1.82) is 5.41 Å². The Labute approximate surface area is 106 Å². The Kier molecular flexibility index (Phi) is 4.42. The van der Waals surface area contributed by atoms with E-state index < -0.39 is 15.8 Å². The van der Waals surface area contributed by atoms with E-state index in [1.165, 1.54) is 26.0 Å². The molecule has 100 valence electrons. The maximum Gasteiger partial charge on any atom is 0.241 e. The van der Waals surface area contributed by atoms with Gasteiger partial charge >= 0.3 is 0 Å². The molecule has 0 radical (unpaired) electrons. The number of benzene rings is 1. The normalized spacial score (nSPS) is 11.5. The van der Waals surface area contributed by atoms with Gasteiger partial charge in [-0.2, -0.15) is 0 Å². The van der Waals surface area contributed by atoms with Crippen molar-refractivity contribution in [3.05, 3.63) is 29.1 Å². The Morgan fingerprint density at radius 2 is 1.89 bits per heavy atom. The van der Waals surface area contributed by atoms with Crippen molar-refractivity contribution in [2.45, 2.75) is 25.2 Å². The van der Waals surface area contributed by atoms with E-state index in [4.69, 9.17) is 11.1 Å². The highest BCUT2D eigenvalue weighted by Gasteiger charge is 2.19. The van der Waals surface area contributed by atoms with Crippen molar-refractivity contribution in [3.8, 4) is 0 Å². The number of nitrogens with two attached hydrogens (primary N) is 1. The third kappa shape index (κ3) is 3.51. The number of nitrogens with one attached hydrogen (secondary N) is 2. The van der Waals surface area contributed by atoms with Crippen molar-refractivity contribution in [2.75, 3.05) is 6.54 Å². The number of rotatable bonds is 5. The minimum Gasteiger partial charge on any atom is -0.388 e. The molecule has 1 aromatic carbocycles. The molecule has 0 saturated heterocycles. The van der Waals surface area contributed by atoms with Crippen LogP contribution in [0.1, 0.15) is 17.5 Å². The number of hydrogen-bond donors (Lipinski definition) is 3. The zero-order chi connectivity index (χ0) is 13.9. The molecule has 1 aromatic rings. The first kappa shape index (κ1) is 14.6. The molecular formula is C11H16FN3O2S. The van der Waals surface area contributed by atoms with Crippen LogP contribution >= 0.6 is 0 Å². The average Bonchev–Trinajstić information content (AvgIpc) is 2.13. The number of halogens is 1. The lowest BCUT2D eigenvalue weighted by Crippen LogP contribution is -2.29. The van der Waals surface area contributed by atoms with Gasteiger partial charge in [-0.15, -0.1) is 0 Å². The van der Waals surface area contributed by atoms with E-state index in [9.17, 15) is 12.8 Å². The van der Waals surface area contributed by atoms with Gasteiger partial charge in [-0.1, -0.05) is 0 Å². The van der Waals surface area contributed by atoms with Gasteiger partial charge in [0, 0.05) is 13.0 Å². The molecule has 0 unspecified atom stereocenters. The molecule has 1 rings (SSSR count). The van der Waals surface area contributed by atoms with Gasteiger partial charge in [-0.25, -0.2) is 17.5 Å². The molecule has 0 amide bonds. The van der Waals surface area contributed by atoms with Crippen LogP contribution in [-0.2, 0) is 10.0 Å². The molecule has 0 fully saturated rings. The molecule has 0 heterocycles. The van der Waals surface area contributed by atoms with Gasteiger partial charge in [-0.3, -0.25) is 5.41 Å². The molecule has 0 aromatic heterocycles. The monoisotopic (exact) mass is 273 g/mol. The summed E-state index contributed by atoms with van der Waals surface area (Å²) in [6, 6.07) is 2.35. The summed E-state index contributed by atoms with van der Waals surface area (Å²) >= 11 is 0. The second kappa shape index (κ2) is 5.45. The maximum absolute atomic E-state index is 13.1. The predicted molar refractivity (Wildman–Crippen MR) is 67.6 cm³/mol. The first-order chi connectivity index (χ1) is 8.24. The summed E-state index contributed by atoms with van der Waals surface area (Å²) in [6.45, 7) is 3.12. The van der Waals surface area contributed by atoms with Crippen LogP contribution < -0.4 is 10.5 Å². The number of amidine groups is 1. The Morgan fingerprint density at radius 1 is 1.39 bits per heavy atom. The molecule has 0 aliphatic rings. The van der Waals surface area contributed by atoms with Gasteiger partial charge in [0.1, 0.15) is 5.82 Å². The SMILES string of the molecule is Cc1cc(F)cc(C)c1S(=O)(=O)NCCC(=N)N. The van der Waals surface area contributed by atoms with Crippen LogP contribution in [0, 0.1) is 25.1 Å². The number of sulfonamides is 1. The lowest BCUT2D eigenvalue weighted by Gasteiger charge is -2.12. The second-order valence-corrected chi connectivity index (χ2v) is 5.75. The van der Waals surface area contributed by atoms with E-state index in [-0.39, 0.29) is 23.7 Å². The van der Waals surface area contributed by atoms with E-state index in [0.29, 0.717) is 11.1 Å². The highest BCUT2D eigenvalue weighted by molar-refractivity contribution is 7.89. The quantitative estimate of drug-likeness (QED) is 0.552. The van der Waals surface area contributed by atoms with Crippen LogP contribution in [0.4, 0.5) is 4.39 Å². The lowest BCUT2D eigenvalue weighted by atomic mass is 10.1. The van der Waals surface area contributed by atoms with E-state index in [1.807, 2.05) is 0 Å². The van der Waals surface area contributed by atoms with Crippen LogP contribution in [0.5, 0.6) is 0 Å². The van der Waals surface area contributed by atoms with Crippen molar-refractivity contribution in [1.82, 2.24) is 4.72 Å². The molecule has 0 aliphatic heterocycles. The van der Waals surface area contributed by atoms with Crippen LogP contribution in [0.3, 0.4) is 0 Å². The smallest absolute Gasteiger partial charge is 0.241 e. The summed E-state index contributed by atoms with van der Waals surface area (Å²) in [6.07, 6.45) is 0.137. The molecule has 0 spiro atoms. The third-order valence-electron chi connectivity index (χ3n) is 2.38. The number of hydrogen-bond acceptors (Lipinski definition) is 3. The van der Waals surface area contributed by atoms with E-state index in [1.54, 1.807) is 0 Å². The molecule has 4 N–H and O–H groups in total. The second-order valence-electron chi connectivity index (χ2n) is 4.04. The summed E-state index contributed by atoms with van der Waals surface area (Å²) in [5.41, 5.74) is 5.84. The maximum atomic E-state index is 13.1. The van der Waals surface area contributed by atoms with Gasteiger partial charge in [-0.05, 0) is 37.1 Å². The summed E-state index contributed by atoms with van der Waals surface area (Å²) < 4.78 is 39.5. The third-order valence-corrected chi connectivity index (χ3v) is 4.15.